The van der Waals surface area contributed by atoms with Gasteiger partial charge in [0.2, 0.25) is 0 Å². The zero-order valence-corrected chi connectivity index (χ0v) is 14.0. The van der Waals surface area contributed by atoms with Crippen molar-refractivity contribution < 1.29 is 18.7 Å². The van der Waals surface area contributed by atoms with Crippen LogP contribution in [0.1, 0.15) is 26.5 Å². The number of carbonyl (C=O) groups excluding carboxylic acids is 2. The molecule has 1 N–H and O–H groups in total. The van der Waals surface area contributed by atoms with Gasteiger partial charge in [0.15, 0.2) is 5.76 Å². The van der Waals surface area contributed by atoms with Gasteiger partial charge in [-0.05, 0) is 61.0 Å². The predicted molar refractivity (Wildman–Crippen MR) is 94.3 cm³/mol. The van der Waals surface area contributed by atoms with Crippen molar-refractivity contribution in [3.05, 3.63) is 82.8 Å². The Balaban J connectivity index is 1.77. The molecule has 2 aromatic carbocycles. The first kappa shape index (κ1) is 16.8. The third kappa shape index (κ3) is 4.08. The van der Waals surface area contributed by atoms with Crippen LogP contribution < -0.4 is 10.1 Å². The smallest absolute Gasteiger partial charge is 0.343 e. The van der Waals surface area contributed by atoms with Crippen molar-refractivity contribution in [1.82, 2.24) is 0 Å². The molecule has 0 aliphatic heterocycles. The highest BCUT2D eigenvalue weighted by Gasteiger charge is 2.14. The Hall–Kier alpha value is -3.05. The van der Waals surface area contributed by atoms with Gasteiger partial charge in [-0.2, -0.15) is 0 Å². The van der Waals surface area contributed by atoms with Gasteiger partial charge in [-0.25, -0.2) is 4.79 Å². The van der Waals surface area contributed by atoms with Crippen LogP contribution in [-0.2, 0) is 0 Å². The third-order valence-corrected chi connectivity index (χ3v) is 3.74. The fourth-order valence-electron chi connectivity index (χ4n) is 2.14. The van der Waals surface area contributed by atoms with E-state index in [9.17, 15) is 9.59 Å². The lowest BCUT2D eigenvalue weighted by molar-refractivity contribution is 0.0734. The van der Waals surface area contributed by atoms with E-state index in [-0.39, 0.29) is 5.76 Å². The monoisotopic (exact) mass is 355 g/mol. The normalized spacial score (nSPS) is 10.3. The van der Waals surface area contributed by atoms with Crippen LogP contribution >= 0.6 is 11.6 Å². The number of amides is 1. The molecule has 5 nitrogen and oxygen atoms in total. The molecule has 25 heavy (non-hydrogen) atoms. The molecule has 0 fully saturated rings. The van der Waals surface area contributed by atoms with Gasteiger partial charge >= 0.3 is 5.97 Å². The Bertz CT molecular complexity index is 902. The Labute approximate surface area is 149 Å². The molecule has 0 atom stereocenters. The van der Waals surface area contributed by atoms with E-state index in [4.69, 9.17) is 20.8 Å². The highest BCUT2D eigenvalue weighted by molar-refractivity contribution is 6.30. The summed E-state index contributed by atoms with van der Waals surface area (Å²) in [5.41, 5.74) is 1.63. The number of nitrogens with one attached hydrogen (secondary N) is 1. The fourth-order valence-corrected chi connectivity index (χ4v) is 2.27. The van der Waals surface area contributed by atoms with Gasteiger partial charge in [0.25, 0.3) is 5.91 Å². The van der Waals surface area contributed by atoms with Crippen LogP contribution in [0.25, 0.3) is 0 Å². The van der Waals surface area contributed by atoms with Crippen molar-refractivity contribution in [2.75, 3.05) is 5.32 Å². The largest absolute Gasteiger partial charge is 0.459 e. The summed E-state index contributed by atoms with van der Waals surface area (Å²) in [5, 5.41) is 3.28. The molecule has 1 amide bonds. The molecular formula is C19H14ClNO4. The second-order valence-corrected chi connectivity index (χ2v) is 5.74. The topological polar surface area (TPSA) is 68.5 Å². The van der Waals surface area contributed by atoms with Crippen LogP contribution in [-0.4, -0.2) is 11.9 Å². The van der Waals surface area contributed by atoms with Crippen LogP contribution in [0.5, 0.6) is 5.75 Å². The maximum atomic E-state index is 12.3. The lowest BCUT2D eigenvalue weighted by atomic mass is 10.1. The van der Waals surface area contributed by atoms with Crippen molar-refractivity contribution in [2.24, 2.45) is 0 Å². The van der Waals surface area contributed by atoms with Crippen LogP contribution in [0.15, 0.2) is 65.3 Å². The molecule has 6 heteroatoms. The minimum Gasteiger partial charge on any atom is -0.459 e. The number of carbonyl (C=O) groups is 2. The Morgan fingerprint density at radius 3 is 2.52 bits per heavy atom. The maximum Gasteiger partial charge on any atom is 0.343 e. The number of benzene rings is 2. The summed E-state index contributed by atoms with van der Waals surface area (Å²) in [6, 6.07) is 14.6. The molecule has 0 unspecified atom stereocenters. The summed E-state index contributed by atoms with van der Waals surface area (Å²) in [5.74, 6) is -0.350. The number of hydrogen-bond donors (Lipinski definition) is 1. The molecule has 3 rings (SSSR count). The van der Waals surface area contributed by atoms with Crippen LogP contribution in [0.3, 0.4) is 0 Å². The quantitative estimate of drug-likeness (QED) is 0.543. The van der Waals surface area contributed by atoms with Gasteiger partial charge in [0, 0.05) is 10.7 Å². The summed E-state index contributed by atoms with van der Waals surface area (Å²) < 4.78 is 10.4. The predicted octanol–water partition coefficient (Wildman–Crippen LogP) is 4.71. The Morgan fingerprint density at radius 2 is 1.84 bits per heavy atom. The van der Waals surface area contributed by atoms with E-state index in [1.54, 1.807) is 54.6 Å². The Kier molecular flexibility index (Phi) is 4.86. The molecule has 1 aromatic heterocycles. The van der Waals surface area contributed by atoms with Gasteiger partial charge < -0.3 is 14.5 Å². The van der Waals surface area contributed by atoms with Crippen molar-refractivity contribution >= 4 is 29.2 Å². The number of aryl methyl sites for hydroxylation is 1. The van der Waals surface area contributed by atoms with Crippen molar-refractivity contribution in [1.29, 1.82) is 0 Å². The van der Waals surface area contributed by atoms with E-state index in [2.05, 4.69) is 5.32 Å². The number of ether oxygens (including phenoxy) is 1. The SMILES string of the molecule is Cc1ccc(C(=O)Oc2ccc(Cl)cc2)cc1NC(=O)c1ccco1. The van der Waals surface area contributed by atoms with E-state index >= 15 is 0 Å². The average Bonchev–Trinajstić information content (AvgIpc) is 3.13. The minimum absolute atomic E-state index is 0.188. The van der Waals surface area contributed by atoms with Crippen molar-refractivity contribution in [2.45, 2.75) is 6.92 Å². The molecule has 0 aliphatic carbocycles. The molecule has 3 aromatic rings. The molecule has 126 valence electrons. The van der Waals surface area contributed by atoms with Crippen LogP contribution in [0, 0.1) is 6.92 Å². The average molecular weight is 356 g/mol. The molecule has 0 radical (unpaired) electrons. The van der Waals surface area contributed by atoms with Gasteiger partial charge in [0.05, 0.1) is 11.8 Å². The molecule has 0 aliphatic rings. The summed E-state index contributed by atoms with van der Waals surface area (Å²) >= 11 is 5.81. The third-order valence-electron chi connectivity index (χ3n) is 3.49. The first-order chi connectivity index (χ1) is 12.0. The summed E-state index contributed by atoms with van der Waals surface area (Å²) in [6.45, 7) is 1.83. The number of rotatable bonds is 4. The first-order valence-corrected chi connectivity index (χ1v) is 7.84. The molecule has 1 heterocycles. The van der Waals surface area contributed by atoms with E-state index in [0.717, 1.165) is 5.56 Å². The second kappa shape index (κ2) is 7.23. The highest BCUT2D eigenvalue weighted by atomic mass is 35.5. The van der Waals surface area contributed by atoms with E-state index in [1.807, 2.05) is 6.92 Å². The summed E-state index contributed by atoms with van der Waals surface area (Å²) in [6.07, 6.45) is 1.42. The molecule has 0 saturated carbocycles. The Morgan fingerprint density at radius 1 is 1.08 bits per heavy atom. The lowest BCUT2D eigenvalue weighted by Gasteiger charge is -2.10. The molecule has 0 saturated heterocycles. The zero-order chi connectivity index (χ0) is 17.8. The summed E-state index contributed by atoms with van der Waals surface area (Å²) in [4.78, 5) is 24.4. The van der Waals surface area contributed by atoms with Gasteiger partial charge in [0.1, 0.15) is 5.75 Å². The number of hydrogen-bond acceptors (Lipinski definition) is 4. The standard InChI is InChI=1S/C19H14ClNO4/c1-12-4-5-13(19(23)25-15-8-6-14(20)7-9-15)11-16(12)21-18(22)17-3-2-10-24-17/h2-11H,1H3,(H,21,22). The number of esters is 1. The number of anilines is 1. The van der Waals surface area contributed by atoms with Gasteiger partial charge in [-0.15, -0.1) is 0 Å². The highest BCUT2D eigenvalue weighted by Crippen LogP contribution is 2.21. The van der Waals surface area contributed by atoms with Gasteiger partial charge in [-0.1, -0.05) is 17.7 Å². The van der Waals surface area contributed by atoms with Gasteiger partial charge in [-0.3, -0.25) is 4.79 Å². The first-order valence-electron chi connectivity index (χ1n) is 7.46. The van der Waals surface area contributed by atoms with E-state index in [1.165, 1.54) is 6.26 Å². The lowest BCUT2D eigenvalue weighted by Crippen LogP contribution is -2.14. The van der Waals surface area contributed by atoms with Crippen LogP contribution in [0.4, 0.5) is 5.69 Å². The second-order valence-electron chi connectivity index (χ2n) is 5.30. The molecule has 0 bridgehead atoms. The van der Waals surface area contributed by atoms with E-state index in [0.29, 0.717) is 22.0 Å². The van der Waals surface area contributed by atoms with E-state index < -0.39 is 11.9 Å². The van der Waals surface area contributed by atoms with Crippen molar-refractivity contribution in [3.8, 4) is 5.75 Å². The maximum absolute atomic E-state index is 12.3. The number of halogens is 1. The fraction of sp³-hybridized carbons (Fsp3) is 0.0526. The molecular weight excluding hydrogens is 342 g/mol. The van der Waals surface area contributed by atoms with Crippen LogP contribution in [0.2, 0.25) is 5.02 Å². The molecule has 0 spiro atoms. The zero-order valence-electron chi connectivity index (χ0n) is 13.3. The minimum atomic E-state index is -0.532. The number of furan rings is 1. The van der Waals surface area contributed by atoms with Crippen molar-refractivity contribution in [3.63, 3.8) is 0 Å². The summed E-state index contributed by atoms with van der Waals surface area (Å²) in [7, 11) is 0.